The summed E-state index contributed by atoms with van der Waals surface area (Å²) >= 11 is 0. The third kappa shape index (κ3) is 4.52. The summed E-state index contributed by atoms with van der Waals surface area (Å²) in [5, 5.41) is 4.25. The number of rotatable bonds is 7. The molecule has 0 saturated carbocycles. The Morgan fingerprint density at radius 2 is 2.00 bits per heavy atom. The fraction of sp³-hybridized carbons (Fsp3) is 0.524. The third-order valence-electron chi connectivity index (χ3n) is 5.05. The predicted octanol–water partition coefficient (Wildman–Crippen LogP) is 3.74. The Morgan fingerprint density at radius 3 is 2.62 bits per heavy atom. The minimum atomic E-state index is -0.0750. The van der Waals surface area contributed by atoms with Crippen molar-refractivity contribution in [3.63, 3.8) is 0 Å². The second-order valence-corrected chi connectivity index (χ2v) is 7.37. The van der Waals surface area contributed by atoms with Crippen molar-refractivity contribution < 1.29 is 4.74 Å². The number of benzene rings is 1. The van der Waals surface area contributed by atoms with Crippen LogP contribution in [0.3, 0.4) is 0 Å². The Morgan fingerprint density at radius 1 is 1.23 bits per heavy atom. The Labute approximate surface area is 155 Å². The average Bonchev–Trinajstić information content (AvgIpc) is 3.04. The first-order valence-corrected chi connectivity index (χ1v) is 9.61. The Kier molecular flexibility index (Phi) is 6.09. The number of hydrogen-bond acceptors (Lipinski definition) is 4. The van der Waals surface area contributed by atoms with E-state index in [2.05, 4.69) is 16.9 Å². The number of hydrogen-bond donors (Lipinski definition) is 0. The minimum absolute atomic E-state index is 0.0656. The van der Waals surface area contributed by atoms with Gasteiger partial charge in [-0.25, -0.2) is 4.68 Å². The molecule has 1 saturated heterocycles. The molecule has 2 aromatic rings. The van der Waals surface area contributed by atoms with E-state index in [4.69, 9.17) is 4.74 Å². The smallest absolute Gasteiger partial charge is 0.267 e. The second kappa shape index (κ2) is 8.49. The molecule has 0 spiro atoms. The van der Waals surface area contributed by atoms with Crippen LogP contribution in [0.25, 0.3) is 11.1 Å². The lowest BCUT2D eigenvalue weighted by atomic mass is 10.1. The van der Waals surface area contributed by atoms with Gasteiger partial charge in [-0.15, -0.1) is 0 Å². The van der Waals surface area contributed by atoms with E-state index in [0.717, 1.165) is 36.4 Å². The summed E-state index contributed by atoms with van der Waals surface area (Å²) in [7, 11) is 0. The zero-order valence-corrected chi connectivity index (χ0v) is 16.0. The van der Waals surface area contributed by atoms with Gasteiger partial charge in [0.25, 0.3) is 5.56 Å². The molecule has 1 fully saturated rings. The van der Waals surface area contributed by atoms with Crippen molar-refractivity contribution in [1.29, 1.82) is 0 Å². The summed E-state index contributed by atoms with van der Waals surface area (Å²) < 4.78 is 7.35. The highest BCUT2D eigenvalue weighted by Gasteiger charge is 2.19. The van der Waals surface area contributed by atoms with E-state index in [0.29, 0.717) is 6.04 Å². The van der Waals surface area contributed by atoms with Crippen molar-refractivity contribution >= 4 is 0 Å². The highest BCUT2D eigenvalue weighted by molar-refractivity contribution is 5.62. The van der Waals surface area contributed by atoms with Gasteiger partial charge in [0.05, 0.1) is 18.8 Å². The standard InChI is InChI=1S/C21H29N3O2/c1-16(2)24-21(25)14-19(15-22-24)18-7-9-20(10-8-18)26-13-5-12-23-11-4-6-17(23)3/h7-10,14-17H,4-6,11-13H2,1-3H3/t17-/m1/s1. The minimum Gasteiger partial charge on any atom is -0.494 e. The van der Waals surface area contributed by atoms with Crippen LogP contribution < -0.4 is 10.3 Å². The van der Waals surface area contributed by atoms with Gasteiger partial charge in [0.15, 0.2) is 0 Å². The predicted molar refractivity (Wildman–Crippen MR) is 105 cm³/mol. The van der Waals surface area contributed by atoms with E-state index in [1.165, 1.54) is 24.1 Å². The van der Waals surface area contributed by atoms with Gasteiger partial charge >= 0.3 is 0 Å². The topological polar surface area (TPSA) is 47.4 Å². The van der Waals surface area contributed by atoms with Gasteiger partial charge in [-0.05, 0) is 64.3 Å². The van der Waals surface area contributed by atoms with Crippen LogP contribution in [0.1, 0.15) is 46.1 Å². The van der Waals surface area contributed by atoms with Crippen LogP contribution >= 0.6 is 0 Å². The number of likely N-dealkylation sites (tertiary alicyclic amines) is 1. The highest BCUT2D eigenvalue weighted by Crippen LogP contribution is 2.21. The number of aromatic nitrogens is 2. The van der Waals surface area contributed by atoms with E-state index in [-0.39, 0.29) is 11.6 Å². The lowest BCUT2D eigenvalue weighted by Gasteiger charge is -2.20. The Hall–Kier alpha value is -2.14. The van der Waals surface area contributed by atoms with E-state index < -0.39 is 0 Å². The van der Waals surface area contributed by atoms with Gasteiger partial charge < -0.3 is 9.64 Å². The average molecular weight is 355 g/mol. The molecule has 5 nitrogen and oxygen atoms in total. The van der Waals surface area contributed by atoms with Gasteiger partial charge in [-0.3, -0.25) is 4.79 Å². The molecule has 1 aliphatic heterocycles. The van der Waals surface area contributed by atoms with Crippen LogP contribution in [0.4, 0.5) is 0 Å². The number of ether oxygens (including phenoxy) is 1. The van der Waals surface area contributed by atoms with Crippen molar-refractivity contribution in [2.45, 2.75) is 52.1 Å². The third-order valence-corrected chi connectivity index (χ3v) is 5.05. The normalized spacial score (nSPS) is 17.8. The molecule has 0 unspecified atom stereocenters. The molecular weight excluding hydrogens is 326 g/mol. The maximum Gasteiger partial charge on any atom is 0.267 e. The van der Waals surface area contributed by atoms with E-state index in [1.54, 1.807) is 12.3 Å². The first kappa shape index (κ1) is 18.6. The molecule has 0 amide bonds. The zero-order valence-electron chi connectivity index (χ0n) is 16.0. The largest absolute Gasteiger partial charge is 0.494 e. The van der Waals surface area contributed by atoms with Crippen LogP contribution in [0, 0.1) is 0 Å². The molecule has 1 aromatic heterocycles. The van der Waals surface area contributed by atoms with E-state index >= 15 is 0 Å². The quantitative estimate of drug-likeness (QED) is 0.710. The summed E-state index contributed by atoms with van der Waals surface area (Å²) in [6.07, 6.45) is 5.43. The lowest BCUT2D eigenvalue weighted by Crippen LogP contribution is -2.28. The highest BCUT2D eigenvalue weighted by atomic mass is 16.5. The summed E-state index contributed by atoms with van der Waals surface area (Å²) in [6, 6.07) is 10.3. The molecule has 0 bridgehead atoms. The fourth-order valence-electron chi connectivity index (χ4n) is 3.49. The SMILES string of the molecule is CC(C)n1ncc(-c2ccc(OCCCN3CCC[C@H]3C)cc2)cc1=O. The molecule has 1 atom stereocenters. The second-order valence-electron chi connectivity index (χ2n) is 7.37. The van der Waals surface area contributed by atoms with Crippen LogP contribution in [-0.4, -0.2) is 40.4 Å². The molecular formula is C21H29N3O2. The first-order chi connectivity index (χ1) is 12.5. The first-order valence-electron chi connectivity index (χ1n) is 9.61. The van der Waals surface area contributed by atoms with Crippen LogP contribution in [-0.2, 0) is 0 Å². The molecule has 0 radical (unpaired) electrons. The van der Waals surface area contributed by atoms with Gasteiger partial charge in [0, 0.05) is 24.2 Å². The van der Waals surface area contributed by atoms with Gasteiger partial charge in [-0.1, -0.05) is 12.1 Å². The van der Waals surface area contributed by atoms with Crippen LogP contribution in [0.5, 0.6) is 5.75 Å². The molecule has 5 heteroatoms. The Balaban J connectivity index is 1.53. The lowest BCUT2D eigenvalue weighted by molar-refractivity contribution is 0.230. The monoisotopic (exact) mass is 355 g/mol. The van der Waals surface area contributed by atoms with Gasteiger partial charge in [-0.2, -0.15) is 5.10 Å². The van der Waals surface area contributed by atoms with Crippen molar-refractivity contribution in [3.05, 3.63) is 46.9 Å². The van der Waals surface area contributed by atoms with Gasteiger partial charge in [0.1, 0.15) is 5.75 Å². The summed E-state index contributed by atoms with van der Waals surface area (Å²) in [5.74, 6) is 0.867. The zero-order chi connectivity index (χ0) is 18.5. The number of nitrogens with zero attached hydrogens (tertiary/aromatic N) is 3. The van der Waals surface area contributed by atoms with Gasteiger partial charge in [0.2, 0.25) is 0 Å². The summed E-state index contributed by atoms with van der Waals surface area (Å²) in [5.41, 5.74) is 1.74. The molecule has 140 valence electrons. The van der Waals surface area contributed by atoms with Crippen molar-refractivity contribution in [3.8, 4) is 16.9 Å². The fourth-order valence-corrected chi connectivity index (χ4v) is 3.49. The molecule has 1 aromatic carbocycles. The molecule has 26 heavy (non-hydrogen) atoms. The molecule has 0 aliphatic carbocycles. The van der Waals surface area contributed by atoms with Crippen molar-refractivity contribution in [1.82, 2.24) is 14.7 Å². The maximum atomic E-state index is 12.1. The van der Waals surface area contributed by atoms with Crippen LogP contribution in [0.2, 0.25) is 0 Å². The van der Waals surface area contributed by atoms with E-state index in [9.17, 15) is 4.79 Å². The van der Waals surface area contributed by atoms with Crippen molar-refractivity contribution in [2.75, 3.05) is 19.7 Å². The van der Waals surface area contributed by atoms with E-state index in [1.807, 2.05) is 38.1 Å². The van der Waals surface area contributed by atoms with Crippen molar-refractivity contribution in [2.24, 2.45) is 0 Å². The molecule has 3 rings (SSSR count). The maximum absolute atomic E-state index is 12.1. The summed E-state index contributed by atoms with van der Waals surface area (Å²) in [6.45, 7) is 9.27. The Bertz CT molecular complexity index is 768. The summed E-state index contributed by atoms with van der Waals surface area (Å²) in [4.78, 5) is 14.6. The molecule has 2 heterocycles. The molecule has 0 N–H and O–H groups in total. The van der Waals surface area contributed by atoms with Crippen LogP contribution in [0.15, 0.2) is 41.3 Å². The molecule has 1 aliphatic rings.